The summed E-state index contributed by atoms with van der Waals surface area (Å²) in [6, 6.07) is 6.50. The number of amides is 2. The van der Waals surface area contributed by atoms with Gasteiger partial charge < -0.3 is 15.4 Å². The number of benzene rings is 1. The standard InChI is InChI=1S/C28H42N2O6S2/c1-8-36-26(33)24(29-20(6)31)13-14-37-28(35)25(30-21(7)32)16-18(4)38-27(34)19(5)23-11-9-22(10-12-23)15-17(2)3/h9-12,17-19,24-25H,8,13-16H2,1-7H3,(H,29,31)(H,30,32). The van der Waals surface area contributed by atoms with E-state index in [0.29, 0.717) is 5.92 Å². The Balaban J connectivity index is 2.71. The van der Waals surface area contributed by atoms with E-state index in [9.17, 15) is 24.0 Å². The van der Waals surface area contributed by atoms with Crippen LogP contribution in [-0.2, 0) is 35.1 Å². The molecule has 0 aliphatic rings. The molecule has 38 heavy (non-hydrogen) atoms. The molecule has 0 aromatic heterocycles. The lowest BCUT2D eigenvalue weighted by molar-refractivity contribution is -0.147. The van der Waals surface area contributed by atoms with Gasteiger partial charge in [-0.3, -0.25) is 19.2 Å². The van der Waals surface area contributed by atoms with Crippen molar-refractivity contribution < 1.29 is 28.7 Å². The molecule has 10 heteroatoms. The van der Waals surface area contributed by atoms with Gasteiger partial charge in [0.15, 0.2) is 5.12 Å². The van der Waals surface area contributed by atoms with Crippen LogP contribution >= 0.6 is 23.5 Å². The van der Waals surface area contributed by atoms with Gasteiger partial charge in [0.2, 0.25) is 16.9 Å². The Bertz CT molecular complexity index is 951. The van der Waals surface area contributed by atoms with Crippen molar-refractivity contribution in [1.29, 1.82) is 0 Å². The molecular formula is C28H42N2O6S2. The first kappa shape index (κ1) is 33.7. The van der Waals surface area contributed by atoms with Crippen molar-refractivity contribution in [3.05, 3.63) is 35.4 Å². The second-order valence-electron chi connectivity index (χ2n) is 9.76. The maximum atomic E-state index is 12.9. The lowest BCUT2D eigenvalue weighted by atomic mass is 9.97. The Hall–Kier alpha value is -2.33. The molecule has 1 aromatic rings. The largest absolute Gasteiger partial charge is 0.464 e. The lowest BCUT2D eigenvalue weighted by Crippen LogP contribution is -2.42. The SMILES string of the molecule is CCOC(=O)C(CCSC(=O)C(CC(C)SC(=O)C(C)c1ccc(CC(C)C)cc1)NC(C)=O)NC(C)=O. The number of carbonyl (C=O) groups is 5. The highest BCUT2D eigenvalue weighted by Gasteiger charge is 2.27. The van der Waals surface area contributed by atoms with Crippen LogP contribution in [0.4, 0.5) is 0 Å². The highest BCUT2D eigenvalue weighted by atomic mass is 32.2. The Kier molecular flexibility index (Phi) is 15.3. The molecule has 0 fully saturated rings. The van der Waals surface area contributed by atoms with E-state index >= 15 is 0 Å². The molecule has 0 saturated heterocycles. The minimum atomic E-state index is -0.847. The number of rotatable bonds is 15. The Morgan fingerprint density at radius 1 is 0.868 bits per heavy atom. The molecule has 1 aromatic carbocycles. The third-order valence-electron chi connectivity index (χ3n) is 5.62. The molecule has 8 nitrogen and oxygen atoms in total. The van der Waals surface area contributed by atoms with Crippen LogP contribution in [-0.4, -0.2) is 57.7 Å². The first-order chi connectivity index (χ1) is 17.8. The van der Waals surface area contributed by atoms with Gasteiger partial charge in [-0.1, -0.05) is 75.5 Å². The molecule has 212 valence electrons. The minimum Gasteiger partial charge on any atom is -0.464 e. The van der Waals surface area contributed by atoms with Crippen LogP contribution in [0.2, 0.25) is 0 Å². The number of esters is 1. The van der Waals surface area contributed by atoms with Gasteiger partial charge in [0.05, 0.1) is 18.6 Å². The first-order valence-corrected chi connectivity index (χ1v) is 14.9. The monoisotopic (exact) mass is 566 g/mol. The quantitative estimate of drug-likeness (QED) is 0.303. The van der Waals surface area contributed by atoms with E-state index in [1.54, 1.807) is 6.92 Å². The van der Waals surface area contributed by atoms with Crippen LogP contribution < -0.4 is 10.6 Å². The van der Waals surface area contributed by atoms with Crippen molar-refractivity contribution in [2.75, 3.05) is 12.4 Å². The first-order valence-electron chi connectivity index (χ1n) is 13.0. The second-order valence-corrected chi connectivity index (χ2v) is 12.3. The van der Waals surface area contributed by atoms with Crippen molar-refractivity contribution >= 4 is 51.5 Å². The van der Waals surface area contributed by atoms with Gasteiger partial charge >= 0.3 is 5.97 Å². The Morgan fingerprint density at radius 3 is 1.97 bits per heavy atom. The fourth-order valence-corrected chi connectivity index (χ4v) is 5.74. The van der Waals surface area contributed by atoms with E-state index in [1.165, 1.54) is 31.2 Å². The zero-order chi connectivity index (χ0) is 28.8. The summed E-state index contributed by atoms with van der Waals surface area (Å²) in [5, 5.41) is 4.75. The summed E-state index contributed by atoms with van der Waals surface area (Å²) in [5.74, 6) is -0.750. The maximum absolute atomic E-state index is 12.9. The van der Waals surface area contributed by atoms with E-state index in [4.69, 9.17) is 4.74 Å². The number of thioether (sulfide) groups is 2. The van der Waals surface area contributed by atoms with Crippen molar-refractivity contribution in [1.82, 2.24) is 10.6 Å². The van der Waals surface area contributed by atoms with E-state index in [-0.39, 0.29) is 58.4 Å². The lowest BCUT2D eigenvalue weighted by Gasteiger charge is -2.21. The molecule has 0 bridgehead atoms. The normalized spacial score (nSPS) is 14.2. The molecule has 4 atom stereocenters. The Morgan fingerprint density at radius 2 is 1.45 bits per heavy atom. The van der Waals surface area contributed by atoms with E-state index < -0.39 is 18.1 Å². The minimum absolute atomic E-state index is 0.00312. The molecule has 4 unspecified atom stereocenters. The van der Waals surface area contributed by atoms with Crippen LogP contribution in [0.15, 0.2) is 24.3 Å². The molecule has 2 N–H and O–H groups in total. The average Bonchev–Trinajstić information content (AvgIpc) is 2.82. The fraction of sp³-hybridized carbons (Fsp3) is 0.607. The maximum Gasteiger partial charge on any atom is 0.328 e. The van der Waals surface area contributed by atoms with Crippen LogP contribution in [0.25, 0.3) is 0 Å². The summed E-state index contributed by atoms with van der Waals surface area (Å²) in [6.45, 7) is 12.6. The van der Waals surface area contributed by atoms with Crippen molar-refractivity contribution in [2.45, 2.75) is 91.0 Å². The van der Waals surface area contributed by atoms with Crippen LogP contribution in [0.1, 0.15) is 78.4 Å². The van der Waals surface area contributed by atoms with Crippen LogP contribution in [0.5, 0.6) is 0 Å². The van der Waals surface area contributed by atoms with Gasteiger partial charge in [-0.05, 0) is 43.2 Å². The Labute approximate surface area is 235 Å². The summed E-state index contributed by atoms with van der Waals surface area (Å²) < 4.78 is 4.98. The summed E-state index contributed by atoms with van der Waals surface area (Å²) in [5.41, 5.74) is 2.19. The fourth-order valence-electron chi connectivity index (χ4n) is 3.80. The molecular weight excluding hydrogens is 524 g/mol. The van der Waals surface area contributed by atoms with Crippen molar-refractivity contribution in [2.24, 2.45) is 5.92 Å². The smallest absolute Gasteiger partial charge is 0.328 e. The van der Waals surface area contributed by atoms with Crippen molar-refractivity contribution in [3.8, 4) is 0 Å². The number of hydrogen-bond acceptors (Lipinski definition) is 8. The highest BCUT2D eigenvalue weighted by Crippen LogP contribution is 2.28. The number of hydrogen-bond donors (Lipinski definition) is 2. The van der Waals surface area contributed by atoms with Crippen molar-refractivity contribution in [3.63, 3.8) is 0 Å². The molecule has 0 spiro atoms. The summed E-state index contributed by atoms with van der Waals surface area (Å²) in [4.78, 5) is 61.1. The second kappa shape index (κ2) is 17.3. The summed E-state index contributed by atoms with van der Waals surface area (Å²) in [6.07, 6.45) is 1.48. The topological polar surface area (TPSA) is 119 Å². The predicted molar refractivity (Wildman–Crippen MR) is 154 cm³/mol. The predicted octanol–water partition coefficient (Wildman–Crippen LogP) is 4.25. The van der Waals surface area contributed by atoms with E-state index in [2.05, 4.69) is 36.6 Å². The summed E-state index contributed by atoms with van der Waals surface area (Å²) >= 11 is 2.15. The van der Waals surface area contributed by atoms with Gasteiger partial charge in [0.25, 0.3) is 0 Å². The van der Waals surface area contributed by atoms with Gasteiger partial charge in [-0.15, -0.1) is 0 Å². The molecule has 0 radical (unpaired) electrons. The van der Waals surface area contributed by atoms with Gasteiger partial charge in [-0.2, -0.15) is 0 Å². The summed E-state index contributed by atoms with van der Waals surface area (Å²) in [7, 11) is 0. The van der Waals surface area contributed by atoms with Gasteiger partial charge in [-0.25, -0.2) is 4.79 Å². The molecule has 0 aliphatic carbocycles. The third-order valence-corrected chi connectivity index (χ3v) is 7.81. The molecule has 0 heterocycles. The third kappa shape index (κ3) is 13.0. The number of carbonyl (C=O) groups excluding carboxylic acids is 5. The highest BCUT2D eigenvalue weighted by molar-refractivity contribution is 8.14. The average molecular weight is 567 g/mol. The zero-order valence-corrected chi connectivity index (χ0v) is 25.1. The van der Waals surface area contributed by atoms with Gasteiger partial charge in [0.1, 0.15) is 6.04 Å². The van der Waals surface area contributed by atoms with E-state index in [1.807, 2.05) is 26.0 Å². The van der Waals surface area contributed by atoms with Gasteiger partial charge in [0, 0.05) is 24.9 Å². The zero-order valence-electron chi connectivity index (χ0n) is 23.5. The molecule has 0 saturated carbocycles. The number of nitrogens with one attached hydrogen (secondary N) is 2. The van der Waals surface area contributed by atoms with Crippen LogP contribution in [0, 0.1) is 5.92 Å². The molecule has 1 rings (SSSR count). The molecule has 2 amide bonds. The molecule has 0 aliphatic heterocycles. The number of ether oxygens (including phenoxy) is 1. The van der Waals surface area contributed by atoms with Crippen LogP contribution in [0.3, 0.4) is 0 Å². The van der Waals surface area contributed by atoms with E-state index in [0.717, 1.165) is 23.7 Å².